The van der Waals surface area contributed by atoms with Gasteiger partial charge in [0.15, 0.2) is 6.61 Å². The maximum atomic E-state index is 13.7. The van der Waals surface area contributed by atoms with E-state index < -0.39 is 18.0 Å². The van der Waals surface area contributed by atoms with Crippen molar-refractivity contribution in [3.63, 3.8) is 0 Å². The number of amides is 2. The number of ether oxygens (including phenoxy) is 3. The zero-order chi connectivity index (χ0) is 30.2. The number of rotatable bonds is 11. The molecule has 4 aromatic rings. The van der Waals surface area contributed by atoms with Crippen molar-refractivity contribution < 1.29 is 33.1 Å². The van der Waals surface area contributed by atoms with Gasteiger partial charge in [0.25, 0.3) is 5.91 Å². The highest BCUT2D eigenvalue weighted by molar-refractivity contribution is 5.98. The molecule has 3 aromatic carbocycles. The molecule has 1 fully saturated rings. The van der Waals surface area contributed by atoms with Gasteiger partial charge in [-0.1, -0.05) is 47.6 Å². The van der Waals surface area contributed by atoms with Crippen LogP contribution in [0.4, 0.5) is 11.4 Å². The number of aromatic nitrogens is 2. The summed E-state index contributed by atoms with van der Waals surface area (Å²) in [6.07, 6.45) is 1.08. The molecular weight excluding hydrogens is 552 g/mol. The highest BCUT2D eigenvalue weighted by atomic mass is 16.6. The maximum Gasteiger partial charge on any atom is 0.344 e. The third-order valence-electron chi connectivity index (χ3n) is 6.71. The monoisotopic (exact) mass is 584 g/mol. The maximum absolute atomic E-state index is 13.7. The topological polar surface area (TPSA) is 133 Å². The second-order valence-corrected chi connectivity index (χ2v) is 9.84. The van der Waals surface area contributed by atoms with Crippen LogP contribution in [-0.2, 0) is 19.1 Å². The summed E-state index contributed by atoms with van der Waals surface area (Å²) in [5.41, 5.74) is 2.23. The number of esters is 1. The molecule has 2 heterocycles. The largest absolute Gasteiger partial charge is 0.480 e. The molecule has 222 valence electrons. The van der Waals surface area contributed by atoms with Crippen LogP contribution in [0.3, 0.4) is 0 Å². The van der Waals surface area contributed by atoms with Crippen LogP contribution in [0.1, 0.15) is 43.7 Å². The molecule has 0 radical (unpaired) electrons. The molecule has 1 aliphatic heterocycles. The summed E-state index contributed by atoms with van der Waals surface area (Å²) < 4.78 is 22.1. The van der Waals surface area contributed by atoms with Crippen LogP contribution in [0.25, 0.3) is 11.4 Å². The predicted octanol–water partition coefficient (Wildman–Crippen LogP) is 5.26. The van der Waals surface area contributed by atoms with E-state index in [1.807, 2.05) is 24.3 Å². The molecule has 1 N–H and O–H groups in total. The number of nitrogens with one attached hydrogen (secondary N) is 1. The van der Waals surface area contributed by atoms with Gasteiger partial charge in [0.05, 0.1) is 12.3 Å². The summed E-state index contributed by atoms with van der Waals surface area (Å²) in [6.45, 7) is 3.82. The van der Waals surface area contributed by atoms with Gasteiger partial charge in [-0.2, -0.15) is 4.98 Å². The molecule has 1 aromatic heterocycles. The van der Waals surface area contributed by atoms with E-state index in [0.29, 0.717) is 52.9 Å². The predicted molar refractivity (Wildman–Crippen MR) is 158 cm³/mol. The van der Waals surface area contributed by atoms with Crippen LogP contribution in [0, 0.1) is 6.92 Å². The second-order valence-electron chi connectivity index (χ2n) is 9.84. The van der Waals surface area contributed by atoms with Crippen LogP contribution < -0.4 is 19.7 Å². The Balaban J connectivity index is 1.40. The van der Waals surface area contributed by atoms with Gasteiger partial charge in [-0.05, 0) is 44.0 Å². The number of hydrogen-bond acceptors (Lipinski definition) is 9. The summed E-state index contributed by atoms with van der Waals surface area (Å²) in [6, 6.07) is 21.2. The van der Waals surface area contributed by atoms with Crippen molar-refractivity contribution in [2.45, 2.75) is 39.2 Å². The van der Waals surface area contributed by atoms with Gasteiger partial charge in [-0.25, -0.2) is 4.79 Å². The van der Waals surface area contributed by atoms with Crippen LogP contribution in [-0.4, -0.2) is 47.7 Å². The average molecular weight is 585 g/mol. The molecule has 11 nitrogen and oxygen atoms in total. The standard InChI is InChI=1S/C32H32N4O7/c1-3-40-29(38)20-41-27-19-24(15-16-26(27)36-17-8-7-14-28(36)37)34-32(39)30(22-10-5-4-6-11-22)42-25-13-9-12-23(18-25)31-33-21(2)43-35-31/h4-6,9-13,15-16,18-19,30H,3,7-8,14,17,20H2,1-2H3,(H,34,39). The molecule has 1 atom stereocenters. The molecule has 2 amide bonds. The minimum atomic E-state index is -1.02. The third kappa shape index (κ3) is 7.37. The Kier molecular flexibility index (Phi) is 9.30. The molecule has 1 saturated heterocycles. The Labute approximate surface area is 248 Å². The number of anilines is 2. The van der Waals surface area contributed by atoms with E-state index in [9.17, 15) is 14.4 Å². The van der Waals surface area contributed by atoms with E-state index in [1.165, 1.54) is 0 Å². The van der Waals surface area contributed by atoms with E-state index in [4.69, 9.17) is 18.7 Å². The van der Waals surface area contributed by atoms with Gasteiger partial charge in [0, 0.05) is 42.8 Å². The van der Waals surface area contributed by atoms with Crippen molar-refractivity contribution in [1.82, 2.24) is 10.1 Å². The molecule has 43 heavy (non-hydrogen) atoms. The van der Waals surface area contributed by atoms with E-state index in [-0.39, 0.29) is 24.9 Å². The lowest BCUT2D eigenvalue weighted by molar-refractivity contribution is -0.145. The molecule has 0 spiro atoms. The van der Waals surface area contributed by atoms with Gasteiger partial charge in [-0.3, -0.25) is 9.59 Å². The molecular formula is C32H32N4O7. The summed E-state index contributed by atoms with van der Waals surface area (Å²) in [7, 11) is 0. The highest BCUT2D eigenvalue weighted by Gasteiger charge is 2.26. The number of carbonyl (C=O) groups excluding carboxylic acids is 3. The normalized spacial score (nSPS) is 13.7. The van der Waals surface area contributed by atoms with E-state index in [0.717, 1.165) is 12.8 Å². The quantitative estimate of drug-likeness (QED) is 0.234. The lowest BCUT2D eigenvalue weighted by Gasteiger charge is -2.28. The van der Waals surface area contributed by atoms with Gasteiger partial charge >= 0.3 is 5.97 Å². The Morgan fingerprint density at radius 1 is 1.05 bits per heavy atom. The van der Waals surface area contributed by atoms with Crippen molar-refractivity contribution in [1.29, 1.82) is 0 Å². The van der Waals surface area contributed by atoms with Gasteiger partial charge in [0.2, 0.25) is 23.7 Å². The summed E-state index contributed by atoms with van der Waals surface area (Å²) in [5, 5.41) is 6.86. The summed E-state index contributed by atoms with van der Waals surface area (Å²) >= 11 is 0. The lowest BCUT2D eigenvalue weighted by atomic mass is 10.1. The molecule has 11 heteroatoms. The zero-order valence-electron chi connectivity index (χ0n) is 23.9. The van der Waals surface area contributed by atoms with Gasteiger partial charge < -0.3 is 29.0 Å². The minimum absolute atomic E-state index is 0.0280. The molecule has 0 bridgehead atoms. The van der Waals surface area contributed by atoms with E-state index >= 15 is 0 Å². The minimum Gasteiger partial charge on any atom is -0.480 e. The fraction of sp³-hybridized carbons (Fsp3) is 0.281. The van der Waals surface area contributed by atoms with Crippen molar-refractivity contribution in [2.24, 2.45) is 0 Å². The molecule has 1 unspecified atom stereocenters. The van der Waals surface area contributed by atoms with Crippen LogP contribution in [0.2, 0.25) is 0 Å². The number of aryl methyl sites for hydroxylation is 1. The number of nitrogens with zero attached hydrogens (tertiary/aromatic N) is 3. The number of carbonyl (C=O) groups is 3. The van der Waals surface area contributed by atoms with Gasteiger partial charge in [-0.15, -0.1) is 0 Å². The first-order chi connectivity index (χ1) is 20.9. The molecule has 0 aliphatic carbocycles. The van der Waals surface area contributed by atoms with Gasteiger partial charge in [0.1, 0.15) is 11.5 Å². The number of piperidine rings is 1. The number of benzene rings is 3. The first-order valence-corrected chi connectivity index (χ1v) is 14.1. The fourth-order valence-corrected chi connectivity index (χ4v) is 4.70. The first-order valence-electron chi connectivity index (χ1n) is 14.1. The van der Waals surface area contributed by atoms with Crippen molar-refractivity contribution in [2.75, 3.05) is 30.0 Å². The smallest absolute Gasteiger partial charge is 0.344 e. The Hall–Kier alpha value is -5.19. The van der Waals surface area contributed by atoms with Crippen LogP contribution >= 0.6 is 0 Å². The zero-order valence-corrected chi connectivity index (χ0v) is 23.9. The molecule has 5 rings (SSSR count). The highest BCUT2D eigenvalue weighted by Crippen LogP contribution is 2.35. The van der Waals surface area contributed by atoms with E-state index in [2.05, 4.69) is 15.5 Å². The number of hydrogen-bond donors (Lipinski definition) is 1. The summed E-state index contributed by atoms with van der Waals surface area (Å²) in [4.78, 5) is 44.3. The van der Waals surface area contributed by atoms with Crippen LogP contribution in [0.5, 0.6) is 11.5 Å². The van der Waals surface area contributed by atoms with Crippen LogP contribution in [0.15, 0.2) is 77.3 Å². The average Bonchev–Trinajstić information content (AvgIpc) is 3.46. The Bertz CT molecular complexity index is 1590. The molecule has 0 saturated carbocycles. The third-order valence-corrected chi connectivity index (χ3v) is 6.71. The van der Waals surface area contributed by atoms with Crippen molar-refractivity contribution >= 4 is 29.2 Å². The Morgan fingerprint density at radius 3 is 2.63 bits per heavy atom. The van der Waals surface area contributed by atoms with E-state index in [1.54, 1.807) is 67.3 Å². The fourth-order valence-electron chi connectivity index (χ4n) is 4.70. The van der Waals surface area contributed by atoms with Crippen molar-refractivity contribution in [3.05, 3.63) is 84.3 Å². The first kappa shape index (κ1) is 29.3. The molecule has 1 aliphatic rings. The van der Waals surface area contributed by atoms with Crippen molar-refractivity contribution in [3.8, 4) is 22.9 Å². The Morgan fingerprint density at radius 2 is 1.88 bits per heavy atom. The second kappa shape index (κ2) is 13.6. The summed E-state index contributed by atoms with van der Waals surface area (Å²) in [5.74, 6) is 0.548. The lowest BCUT2D eigenvalue weighted by Crippen LogP contribution is -2.35. The SMILES string of the molecule is CCOC(=O)COc1cc(NC(=O)C(Oc2cccc(-c3noc(C)n3)c2)c2ccccc2)ccc1N1CCCCC1=O.